The van der Waals surface area contributed by atoms with Crippen molar-refractivity contribution in [3.63, 3.8) is 0 Å². The molecule has 0 aromatic heterocycles. The third-order valence-electron chi connectivity index (χ3n) is 1.14. The molecule has 0 aromatic carbocycles. The molecule has 0 aromatic rings. The molecule has 3 nitrogen and oxygen atoms in total. The van der Waals surface area contributed by atoms with Crippen LogP contribution in [-0.2, 0) is 0 Å². The maximum absolute atomic E-state index is 8.27. The Morgan fingerprint density at radius 2 is 2.00 bits per heavy atom. The average molecular weight is 139 g/mol. The number of rotatable bonds is 1. The molecule has 0 aliphatic heterocycles. The van der Waals surface area contributed by atoms with Gasteiger partial charge >= 0.3 is 0 Å². The van der Waals surface area contributed by atoms with Crippen LogP contribution in [0.5, 0.6) is 0 Å². The van der Waals surface area contributed by atoms with Crippen LogP contribution < -0.4 is 0 Å². The fourth-order valence-electron chi connectivity index (χ4n) is 0.797. The highest BCUT2D eigenvalue weighted by molar-refractivity contribution is 5.84. The third-order valence-corrected chi connectivity index (χ3v) is 1.14. The van der Waals surface area contributed by atoms with Gasteiger partial charge in [-0.2, -0.15) is 10.3 Å². The lowest BCUT2D eigenvalue weighted by atomic mass is 10.2. The molecular formula is C7H13N3. The van der Waals surface area contributed by atoms with Crippen LogP contribution in [0, 0.1) is 17.4 Å². The molecule has 0 saturated carbocycles. The molecule has 3 heteroatoms. The Hall–Kier alpha value is -1.04. The summed E-state index contributed by atoms with van der Waals surface area (Å²) < 4.78 is 0. The lowest BCUT2D eigenvalue weighted by Crippen LogP contribution is -2.26. The summed E-state index contributed by atoms with van der Waals surface area (Å²) in [6.45, 7) is 4.02. The van der Waals surface area contributed by atoms with E-state index in [1.807, 2.05) is 32.8 Å². The van der Waals surface area contributed by atoms with Gasteiger partial charge in [-0.15, -0.1) is 0 Å². The fourth-order valence-corrected chi connectivity index (χ4v) is 0.797. The van der Waals surface area contributed by atoms with E-state index < -0.39 is 0 Å². The predicted octanol–water partition coefficient (Wildman–Crippen LogP) is 1.08. The van der Waals surface area contributed by atoms with Crippen molar-refractivity contribution in [3.05, 3.63) is 0 Å². The summed E-state index contributed by atoms with van der Waals surface area (Å²) in [7, 11) is 3.77. The zero-order valence-electron chi connectivity index (χ0n) is 6.92. The lowest BCUT2D eigenvalue weighted by molar-refractivity contribution is 0.575. The maximum Gasteiger partial charge on any atom is 0.207 e. The molecule has 56 valence electrons. The molecule has 0 aliphatic rings. The molecule has 0 fully saturated rings. The SMILES string of the molecule is CC(C)C(=NC#N)N(C)C. The number of hydrogen-bond donors (Lipinski definition) is 0. The summed E-state index contributed by atoms with van der Waals surface area (Å²) in [4.78, 5) is 5.53. The van der Waals surface area contributed by atoms with Crippen LogP contribution in [-0.4, -0.2) is 24.8 Å². The van der Waals surface area contributed by atoms with Crippen molar-refractivity contribution >= 4 is 5.84 Å². The maximum atomic E-state index is 8.27. The van der Waals surface area contributed by atoms with Gasteiger partial charge in [0.25, 0.3) is 0 Å². The minimum atomic E-state index is 0.314. The highest BCUT2D eigenvalue weighted by Gasteiger charge is 2.05. The molecule has 0 atom stereocenters. The Kier molecular flexibility index (Phi) is 3.48. The van der Waals surface area contributed by atoms with Crippen LogP contribution in [0.1, 0.15) is 13.8 Å². The molecule has 10 heavy (non-hydrogen) atoms. The van der Waals surface area contributed by atoms with Gasteiger partial charge in [-0.25, -0.2) is 0 Å². The van der Waals surface area contributed by atoms with Gasteiger partial charge in [-0.3, -0.25) is 0 Å². The van der Waals surface area contributed by atoms with E-state index in [4.69, 9.17) is 5.26 Å². The summed E-state index contributed by atoms with van der Waals surface area (Å²) >= 11 is 0. The Morgan fingerprint density at radius 3 is 2.10 bits per heavy atom. The number of hydrogen-bond acceptors (Lipinski definition) is 2. The summed E-state index contributed by atoms with van der Waals surface area (Å²) in [5.41, 5.74) is 0. The smallest absolute Gasteiger partial charge is 0.207 e. The molecule has 0 amide bonds. The monoisotopic (exact) mass is 139 g/mol. The quantitative estimate of drug-likeness (QED) is 0.310. The summed E-state index contributed by atoms with van der Waals surface area (Å²) in [5.74, 6) is 1.14. The van der Waals surface area contributed by atoms with Crippen molar-refractivity contribution < 1.29 is 0 Å². The zero-order chi connectivity index (χ0) is 8.15. The molecule has 0 radical (unpaired) electrons. The van der Waals surface area contributed by atoms with Crippen LogP contribution in [0.4, 0.5) is 0 Å². The molecule has 0 rings (SSSR count). The predicted molar refractivity (Wildman–Crippen MR) is 41.6 cm³/mol. The fraction of sp³-hybridized carbons (Fsp3) is 0.714. The number of amidine groups is 1. The number of nitrogens with zero attached hydrogens (tertiary/aromatic N) is 3. The van der Waals surface area contributed by atoms with E-state index in [1.54, 1.807) is 6.19 Å². The molecule has 0 bridgehead atoms. The Balaban J connectivity index is 4.30. The first-order valence-corrected chi connectivity index (χ1v) is 3.23. The van der Waals surface area contributed by atoms with Gasteiger partial charge in [0.05, 0.1) is 0 Å². The van der Waals surface area contributed by atoms with Gasteiger partial charge in [0.2, 0.25) is 6.19 Å². The van der Waals surface area contributed by atoms with Crippen molar-refractivity contribution in [1.29, 1.82) is 5.26 Å². The second-order valence-electron chi connectivity index (χ2n) is 2.62. The van der Waals surface area contributed by atoms with E-state index in [-0.39, 0.29) is 0 Å². The van der Waals surface area contributed by atoms with Crippen molar-refractivity contribution in [2.75, 3.05) is 14.1 Å². The molecular weight excluding hydrogens is 126 g/mol. The van der Waals surface area contributed by atoms with Gasteiger partial charge in [-0.05, 0) is 0 Å². The van der Waals surface area contributed by atoms with Crippen LogP contribution in [0.15, 0.2) is 4.99 Å². The van der Waals surface area contributed by atoms with Crippen LogP contribution >= 0.6 is 0 Å². The topological polar surface area (TPSA) is 39.4 Å². The van der Waals surface area contributed by atoms with Crippen molar-refractivity contribution in [3.8, 4) is 6.19 Å². The van der Waals surface area contributed by atoms with Gasteiger partial charge in [0.15, 0.2) is 0 Å². The summed E-state index contributed by atoms with van der Waals surface area (Å²) in [6, 6.07) is 0. The van der Waals surface area contributed by atoms with Crippen LogP contribution in [0.25, 0.3) is 0 Å². The van der Waals surface area contributed by atoms with E-state index in [0.717, 1.165) is 5.84 Å². The van der Waals surface area contributed by atoms with Crippen LogP contribution in [0.2, 0.25) is 0 Å². The normalized spacial score (nSPS) is 11.4. The molecule has 0 N–H and O–H groups in total. The Morgan fingerprint density at radius 1 is 1.50 bits per heavy atom. The largest absolute Gasteiger partial charge is 0.365 e. The van der Waals surface area contributed by atoms with Crippen molar-refractivity contribution in [2.45, 2.75) is 13.8 Å². The Labute approximate surface area is 62.0 Å². The summed E-state index contributed by atoms with van der Waals surface area (Å²) in [6.07, 6.45) is 1.78. The van der Waals surface area contributed by atoms with E-state index in [2.05, 4.69) is 4.99 Å². The summed E-state index contributed by atoms with van der Waals surface area (Å²) in [5, 5.41) is 8.27. The third kappa shape index (κ3) is 2.49. The van der Waals surface area contributed by atoms with Crippen molar-refractivity contribution in [2.24, 2.45) is 10.9 Å². The van der Waals surface area contributed by atoms with Gasteiger partial charge in [0.1, 0.15) is 5.84 Å². The van der Waals surface area contributed by atoms with E-state index >= 15 is 0 Å². The average Bonchev–Trinajstić information content (AvgIpc) is 1.81. The zero-order valence-corrected chi connectivity index (χ0v) is 6.92. The first-order valence-electron chi connectivity index (χ1n) is 3.23. The molecule has 0 spiro atoms. The van der Waals surface area contributed by atoms with Gasteiger partial charge in [-0.1, -0.05) is 13.8 Å². The minimum Gasteiger partial charge on any atom is -0.365 e. The second kappa shape index (κ2) is 3.89. The van der Waals surface area contributed by atoms with E-state index in [0.29, 0.717) is 5.92 Å². The van der Waals surface area contributed by atoms with Crippen molar-refractivity contribution in [1.82, 2.24) is 4.90 Å². The highest BCUT2D eigenvalue weighted by atomic mass is 15.1. The highest BCUT2D eigenvalue weighted by Crippen LogP contribution is 1.98. The molecule has 0 heterocycles. The molecule has 0 saturated heterocycles. The second-order valence-corrected chi connectivity index (χ2v) is 2.62. The number of aliphatic imine (C=N–C) groups is 1. The van der Waals surface area contributed by atoms with E-state index in [9.17, 15) is 0 Å². The van der Waals surface area contributed by atoms with Crippen LogP contribution in [0.3, 0.4) is 0 Å². The standard InChI is InChI=1S/C7H13N3/c1-6(2)7(9-5-8)10(3)4/h6H,1-4H3. The molecule has 0 unspecified atom stereocenters. The first-order chi connectivity index (χ1) is 4.59. The van der Waals surface area contributed by atoms with Gasteiger partial charge < -0.3 is 4.90 Å². The van der Waals surface area contributed by atoms with E-state index in [1.165, 1.54) is 0 Å². The Bertz CT molecular complexity index is 152. The first kappa shape index (κ1) is 8.96. The van der Waals surface area contributed by atoms with Gasteiger partial charge in [0, 0.05) is 20.0 Å². The lowest BCUT2D eigenvalue weighted by Gasteiger charge is -2.16. The molecule has 0 aliphatic carbocycles. The number of nitriles is 1. The minimum absolute atomic E-state index is 0.314.